The maximum Gasteiger partial charge on any atom is 0.255 e. The van der Waals surface area contributed by atoms with Gasteiger partial charge in [-0.05, 0) is 48.2 Å². The number of benzene rings is 2. The Labute approximate surface area is 210 Å². The lowest BCUT2D eigenvalue weighted by molar-refractivity contribution is 0.0933. The molecule has 6 N–H and O–H groups in total. The fourth-order valence-corrected chi connectivity index (χ4v) is 3.09. The van der Waals surface area contributed by atoms with Crippen LogP contribution in [0.2, 0.25) is 0 Å². The Morgan fingerprint density at radius 1 is 0.778 bits per heavy atom. The molecule has 10 nitrogen and oxygen atoms in total. The van der Waals surface area contributed by atoms with Crippen LogP contribution in [0.25, 0.3) is 0 Å². The Kier molecular flexibility index (Phi) is 13.2. The zero-order valence-corrected chi connectivity index (χ0v) is 20.5. The van der Waals surface area contributed by atoms with Gasteiger partial charge < -0.3 is 40.5 Å². The highest BCUT2D eigenvalue weighted by Gasteiger charge is 2.17. The van der Waals surface area contributed by atoms with Crippen molar-refractivity contribution in [2.45, 2.75) is 12.8 Å². The minimum Gasteiger partial charge on any atom is -0.504 e. The Bertz CT molecular complexity index is 969. The molecule has 0 radical (unpaired) electrons. The van der Waals surface area contributed by atoms with Gasteiger partial charge in [0.15, 0.2) is 23.0 Å². The summed E-state index contributed by atoms with van der Waals surface area (Å²) in [7, 11) is 2.84. The second-order valence-corrected chi connectivity index (χ2v) is 7.33. The third-order valence-corrected chi connectivity index (χ3v) is 4.75. The molecule has 10 heteroatoms. The molecule has 0 atom stereocenters. The molecule has 0 spiro atoms. The van der Waals surface area contributed by atoms with E-state index in [2.05, 4.69) is 23.8 Å². The number of rotatable bonds is 12. The van der Waals surface area contributed by atoms with Crippen molar-refractivity contribution in [1.29, 1.82) is 0 Å². The highest BCUT2D eigenvalue weighted by molar-refractivity contribution is 5.98. The van der Waals surface area contributed by atoms with Gasteiger partial charge in [0.05, 0.1) is 38.6 Å². The quantitative estimate of drug-likeness (QED) is 0.239. The van der Waals surface area contributed by atoms with Gasteiger partial charge in [-0.25, -0.2) is 0 Å². The smallest absolute Gasteiger partial charge is 0.255 e. The fraction of sp³-hybridized carbons (Fsp3) is 0.308. The first kappa shape index (κ1) is 30.0. The summed E-state index contributed by atoms with van der Waals surface area (Å²) in [4.78, 5) is 23.6. The van der Waals surface area contributed by atoms with E-state index in [1.165, 1.54) is 14.2 Å². The average Bonchev–Trinajstić information content (AvgIpc) is 2.88. The Morgan fingerprint density at radius 2 is 1.14 bits per heavy atom. The number of aromatic hydroxyl groups is 2. The van der Waals surface area contributed by atoms with E-state index in [1.54, 1.807) is 36.4 Å². The molecule has 36 heavy (non-hydrogen) atoms. The van der Waals surface area contributed by atoms with Crippen LogP contribution in [0.1, 0.15) is 31.8 Å². The van der Waals surface area contributed by atoms with Gasteiger partial charge in [0.25, 0.3) is 11.8 Å². The monoisotopic (exact) mass is 502 g/mol. The number of methoxy groups -OCH3 is 2. The molecular formula is C26H34N2O8. The number of nitrogens with one attached hydrogen (secondary N) is 2. The lowest BCUT2D eigenvalue weighted by Gasteiger charge is -2.11. The highest BCUT2D eigenvalue weighted by atomic mass is 16.5. The fourth-order valence-electron chi connectivity index (χ4n) is 3.09. The molecule has 0 heterocycles. The number of aliphatic hydroxyl groups excluding tert-OH is 2. The topological polar surface area (TPSA) is 158 Å². The number of ether oxygens (including phenoxy) is 2. The van der Waals surface area contributed by atoms with Gasteiger partial charge in [0.2, 0.25) is 0 Å². The predicted octanol–water partition coefficient (Wildman–Crippen LogP) is 1.70. The molecule has 2 aromatic rings. The number of hydrogen-bond donors (Lipinski definition) is 6. The molecule has 2 amide bonds. The number of phenolic OH excluding ortho intramolecular Hbond substituents is 2. The van der Waals surface area contributed by atoms with Gasteiger partial charge in [0, 0.05) is 13.1 Å². The number of allylic oxidation sites excluding steroid dienone is 2. The van der Waals surface area contributed by atoms with Crippen LogP contribution < -0.4 is 20.1 Å². The summed E-state index contributed by atoms with van der Waals surface area (Å²) < 4.78 is 10.0. The van der Waals surface area contributed by atoms with Gasteiger partial charge in [-0.3, -0.25) is 9.59 Å². The van der Waals surface area contributed by atoms with E-state index in [0.717, 1.165) is 11.1 Å². The van der Waals surface area contributed by atoms with E-state index in [0.29, 0.717) is 12.8 Å². The van der Waals surface area contributed by atoms with E-state index < -0.39 is 11.8 Å². The largest absolute Gasteiger partial charge is 0.504 e. The Balaban J connectivity index is 0.000000360. The molecule has 0 aliphatic rings. The molecule has 0 aromatic heterocycles. The maximum absolute atomic E-state index is 11.8. The normalized spacial score (nSPS) is 9.89. The molecule has 0 saturated heterocycles. The molecule has 0 aliphatic heterocycles. The second kappa shape index (κ2) is 15.8. The Morgan fingerprint density at radius 3 is 1.42 bits per heavy atom. The summed E-state index contributed by atoms with van der Waals surface area (Å²) in [6, 6.07) is 6.46. The van der Waals surface area contributed by atoms with E-state index in [9.17, 15) is 19.8 Å². The van der Waals surface area contributed by atoms with Crippen molar-refractivity contribution in [3.8, 4) is 23.0 Å². The van der Waals surface area contributed by atoms with Gasteiger partial charge in [-0.1, -0.05) is 12.2 Å². The van der Waals surface area contributed by atoms with Crippen LogP contribution in [0.5, 0.6) is 23.0 Å². The summed E-state index contributed by atoms with van der Waals surface area (Å²) in [5.41, 5.74) is 1.88. The first-order valence-corrected chi connectivity index (χ1v) is 11.1. The second-order valence-electron chi connectivity index (χ2n) is 7.33. The van der Waals surface area contributed by atoms with Crippen molar-refractivity contribution >= 4 is 11.8 Å². The highest BCUT2D eigenvalue weighted by Crippen LogP contribution is 2.32. The van der Waals surface area contributed by atoms with Crippen molar-refractivity contribution in [2.24, 2.45) is 0 Å². The van der Waals surface area contributed by atoms with Gasteiger partial charge in [0.1, 0.15) is 0 Å². The van der Waals surface area contributed by atoms with Gasteiger partial charge in [-0.2, -0.15) is 0 Å². The number of carbonyl (C=O) groups is 2. The molecule has 0 bridgehead atoms. The molecule has 2 rings (SSSR count). The van der Waals surface area contributed by atoms with Crippen LogP contribution in [-0.4, -0.2) is 72.8 Å². The van der Waals surface area contributed by atoms with E-state index >= 15 is 0 Å². The van der Waals surface area contributed by atoms with Crippen LogP contribution >= 0.6 is 0 Å². The number of aliphatic hydroxyl groups is 2. The standard InChI is InChI=1S/2C13H17NO4/c2*1-3-4-9-7-10(13(17)14-5-6-15)12(16)11(8-9)18-2/h2*3,7-8,15-16H,1,4-6H2,2H3,(H,14,17). The van der Waals surface area contributed by atoms with Crippen molar-refractivity contribution in [1.82, 2.24) is 10.6 Å². The SMILES string of the molecule is C=CCc1cc(OC)c(O)c(C(=O)NCCO)c1.C=CCc1cc(OC)c(O)c(C(=O)NCCO)c1. The Hall–Kier alpha value is -4.02. The molecule has 0 unspecified atom stereocenters. The summed E-state index contributed by atoms with van der Waals surface area (Å²) >= 11 is 0. The summed E-state index contributed by atoms with van der Waals surface area (Å²) in [6.07, 6.45) is 4.52. The minimum atomic E-state index is -0.453. The summed E-state index contributed by atoms with van der Waals surface area (Å²) in [6.45, 7) is 7.19. The van der Waals surface area contributed by atoms with Crippen molar-refractivity contribution in [3.63, 3.8) is 0 Å². The van der Waals surface area contributed by atoms with Crippen molar-refractivity contribution < 1.29 is 39.5 Å². The minimum absolute atomic E-state index is 0.125. The van der Waals surface area contributed by atoms with Crippen LogP contribution in [0, 0.1) is 0 Å². The number of hydrogen-bond acceptors (Lipinski definition) is 8. The van der Waals surface area contributed by atoms with Crippen molar-refractivity contribution in [2.75, 3.05) is 40.5 Å². The lowest BCUT2D eigenvalue weighted by atomic mass is 10.1. The summed E-state index contributed by atoms with van der Waals surface area (Å²) in [5, 5.41) is 42.0. The third kappa shape index (κ3) is 8.64. The zero-order valence-electron chi connectivity index (χ0n) is 20.5. The average molecular weight is 503 g/mol. The van der Waals surface area contributed by atoms with Gasteiger partial charge >= 0.3 is 0 Å². The number of carbonyl (C=O) groups excluding carboxylic acids is 2. The van der Waals surface area contributed by atoms with Crippen LogP contribution in [0.3, 0.4) is 0 Å². The van der Waals surface area contributed by atoms with Crippen molar-refractivity contribution in [3.05, 3.63) is 71.8 Å². The summed E-state index contributed by atoms with van der Waals surface area (Å²) in [5.74, 6) is -0.843. The number of amides is 2. The van der Waals surface area contributed by atoms with Gasteiger partial charge in [-0.15, -0.1) is 13.2 Å². The zero-order chi connectivity index (χ0) is 27.1. The van der Waals surface area contributed by atoms with Crippen LogP contribution in [-0.2, 0) is 12.8 Å². The molecule has 0 aliphatic carbocycles. The number of phenols is 2. The molecule has 0 fully saturated rings. The first-order valence-electron chi connectivity index (χ1n) is 11.1. The van der Waals surface area contributed by atoms with Crippen LogP contribution in [0.4, 0.5) is 0 Å². The predicted molar refractivity (Wildman–Crippen MR) is 136 cm³/mol. The molecule has 2 aromatic carbocycles. The van der Waals surface area contributed by atoms with E-state index in [1.807, 2.05) is 0 Å². The third-order valence-electron chi connectivity index (χ3n) is 4.75. The maximum atomic E-state index is 11.8. The van der Waals surface area contributed by atoms with E-state index in [-0.39, 0.29) is 60.4 Å². The molecule has 0 saturated carbocycles. The first-order chi connectivity index (χ1) is 17.3. The molecule has 196 valence electrons. The van der Waals surface area contributed by atoms with Crippen LogP contribution in [0.15, 0.2) is 49.6 Å². The molecular weight excluding hydrogens is 468 g/mol. The lowest BCUT2D eigenvalue weighted by Crippen LogP contribution is -2.26. The van der Waals surface area contributed by atoms with E-state index in [4.69, 9.17) is 19.7 Å².